The van der Waals surface area contributed by atoms with E-state index in [0.29, 0.717) is 18.1 Å². The molecule has 100 valence electrons. The van der Waals surface area contributed by atoms with Crippen LogP contribution in [0.2, 0.25) is 0 Å². The lowest BCUT2D eigenvalue weighted by atomic mass is 10.0. The molecule has 0 radical (unpaired) electrons. The molecule has 0 heterocycles. The van der Waals surface area contributed by atoms with Crippen LogP contribution < -0.4 is 4.74 Å². The molecule has 0 aliphatic rings. The monoisotopic (exact) mass is 256 g/mol. The van der Waals surface area contributed by atoms with Crippen LogP contribution in [0.1, 0.15) is 37.6 Å². The molecule has 0 amide bonds. The van der Waals surface area contributed by atoms with E-state index in [9.17, 15) is 4.79 Å². The van der Waals surface area contributed by atoms with Crippen LogP contribution in [0.4, 0.5) is 0 Å². The first-order valence-electron chi connectivity index (χ1n) is 6.75. The first kappa shape index (κ1) is 13.6. The van der Waals surface area contributed by atoms with Crippen molar-refractivity contribution < 1.29 is 9.53 Å². The summed E-state index contributed by atoms with van der Waals surface area (Å²) in [6.45, 7) is 6.56. The zero-order valence-corrected chi connectivity index (χ0v) is 11.8. The van der Waals surface area contributed by atoms with Gasteiger partial charge in [-0.25, -0.2) is 0 Å². The fourth-order valence-corrected chi connectivity index (χ4v) is 2.07. The summed E-state index contributed by atoms with van der Waals surface area (Å²) in [6.07, 6.45) is 0.987. The van der Waals surface area contributed by atoms with E-state index in [0.717, 1.165) is 22.9 Å². The summed E-state index contributed by atoms with van der Waals surface area (Å²) in [4.78, 5) is 11.7. The van der Waals surface area contributed by atoms with E-state index in [-0.39, 0.29) is 5.78 Å². The van der Waals surface area contributed by atoms with Crippen LogP contribution in [-0.4, -0.2) is 12.4 Å². The zero-order valence-electron chi connectivity index (χ0n) is 11.8. The maximum absolute atomic E-state index is 11.7. The average Bonchev–Trinajstić information content (AvgIpc) is 2.38. The summed E-state index contributed by atoms with van der Waals surface area (Å²) >= 11 is 0. The number of carbonyl (C=O) groups excluding carboxylic acids is 1. The molecule has 0 unspecified atom stereocenters. The highest BCUT2D eigenvalue weighted by Gasteiger charge is 2.12. The van der Waals surface area contributed by atoms with Crippen LogP contribution in [0, 0.1) is 5.92 Å². The van der Waals surface area contributed by atoms with Crippen LogP contribution in [0.25, 0.3) is 10.8 Å². The van der Waals surface area contributed by atoms with Gasteiger partial charge in [-0.1, -0.05) is 44.2 Å². The fourth-order valence-electron chi connectivity index (χ4n) is 2.07. The van der Waals surface area contributed by atoms with Crippen molar-refractivity contribution in [3.8, 4) is 5.75 Å². The van der Waals surface area contributed by atoms with Crippen LogP contribution in [-0.2, 0) is 0 Å². The molecule has 0 bridgehead atoms. The van der Waals surface area contributed by atoms with E-state index in [1.165, 1.54) is 0 Å². The topological polar surface area (TPSA) is 26.3 Å². The van der Waals surface area contributed by atoms with Gasteiger partial charge < -0.3 is 4.74 Å². The number of Topliss-reactive ketones (excluding diaryl/α,β-unsaturated/α-hetero) is 1. The number of hydrogen-bond donors (Lipinski definition) is 0. The highest BCUT2D eigenvalue weighted by molar-refractivity contribution is 6.03. The molecule has 2 rings (SSSR count). The summed E-state index contributed by atoms with van der Waals surface area (Å²) in [5.74, 6) is 1.37. The van der Waals surface area contributed by atoms with Gasteiger partial charge in [-0.05, 0) is 30.7 Å². The van der Waals surface area contributed by atoms with Crippen molar-refractivity contribution in [2.24, 2.45) is 5.92 Å². The smallest absolute Gasteiger partial charge is 0.163 e. The van der Waals surface area contributed by atoms with Crippen molar-refractivity contribution in [1.29, 1.82) is 0 Å². The minimum absolute atomic E-state index is 0.0466. The largest absolute Gasteiger partial charge is 0.492 e. The molecular formula is C17H20O2. The molecule has 2 aromatic rings. The van der Waals surface area contributed by atoms with Gasteiger partial charge in [0.2, 0.25) is 0 Å². The van der Waals surface area contributed by atoms with E-state index in [1.54, 1.807) is 6.92 Å². The molecule has 2 nitrogen and oxygen atoms in total. The first-order valence-corrected chi connectivity index (χ1v) is 6.75. The summed E-state index contributed by atoms with van der Waals surface area (Å²) in [6, 6.07) is 11.8. The molecule has 0 spiro atoms. The lowest BCUT2D eigenvalue weighted by Crippen LogP contribution is -2.05. The maximum atomic E-state index is 11.7. The zero-order chi connectivity index (χ0) is 13.8. The van der Waals surface area contributed by atoms with Crippen LogP contribution in [0.5, 0.6) is 5.75 Å². The lowest BCUT2D eigenvalue weighted by Gasteiger charge is -2.14. The van der Waals surface area contributed by atoms with E-state index in [4.69, 9.17) is 4.74 Å². The molecule has 0 saturated heterocycles. The molecule has 0 atom stereocenters. The summed E-state index contributed by atoms with van der Waals surface area (Å²) < 4.78 is 5.90. The molecule has 0 aliphatic carbocycles. The Kier molecular flexibility index (Phi) is 4.20. The number of fused-ring (bicyclic) bond motifs is 1. The third kappa shape index (κ3) is 3.14. The number of carbonyl (C=O) groups is 1. The number of ether oxygens (including phenoxy) is 1. The maximum Gasteiger partial charge on any atom is 0.163 e. The van der Waals surface area contributed by atoms with E-state index >= 15 is 0 Å². The van der Waals surface area contributed by atoms with Gasteiger partial charge in [0.1, 0.15) is 5.75 Å². The highest BCUT2D eigenvalue weighted by atomic mass is 16.5. The van der Waals surface area contributed by atoms with E-state index in [1.807, 2.05) is 36.4 Å². The van der Waals surface area contributed by atoms with Gasteiger partial charge in [-0.3, -0.25) is 4.79 Å². The standard InChI is InChI=1S/C17H20O2/c1-12(2)10-11-19-17-15(13(3)18)9-8-14-6-4-5-7-16(14)17/h4-9,12H,10-11H2,1-3H3. The minimum atomic E-state index is 0.0466. The number of rotatable bonds is 5. The predicted molar refractivity (Wildman–Crippen MR) is 78.9 cm³/mol. The Morgan fingerprint density at radius 2 is 1.89 bits per heavy atom. The van der Waals surface area contributed by atoms with Gasteiger partial charge in [0.15, 0.2) is 5.78 Å². The van der Waals surface area contributed by atoms with Gasteiger partial charge in [0.25, 0.3) is 0 Å². The van der Waals surface area contributed by atoms with E-state index in [2.05, 4.69) is 13.8 Å². The van der Waals surface area contributed by atoms with Gasteiger partial charge in [-0.15, -0.1) is 0 Å². The van der Waals surface area contributed by atoms with Crippen LogP contribution in [0.3, 0.4) is 0 Å². The normalized spacial score (nSPS) is 10.9. The lowest BCUT2D eigenvalue weighted by molar-refractivity contribution is 0.101. The fraction of sp³-hybridized carbons (Fsp3) is 0.353. The second-order valence-corrected chi connectivity index (χ2v) is 5.25. The third-order valence-corrected chi connectivity index (χ3v) is 3.20. The molecule has 0 aromatic heterocycles. The predicted octanol–water partition coefficient (Wildman–Crippen LogP) is 4.47. The minimum Gasteiger partial charge on any atom is -0.492 e. The van der Waals surface area contributed by atoms with E-state index < -0.39 is 0 Å². The van der Waals surface area contributed by atoms with Crippen molar-refractivity contribution >= 4 is 16.6 Å². The van der Waals surface area contributed by atoms with Crippen molar-refractivity contribution in [3.05, 3.63) is 42.0 Å². The Morgan fingerprint density at radius 3 is 2.58 bits per heavy atom. The summed E-state index contributed by atoms with van der Waals surface area (Å²) in [5.41, 5.74) is 0.669. The molecule has 2 aromatic carbocycles. The van der Waals surface area contributed by atoms with Crippen molar-refractivity contribution in [2.45, 2.75) is 27.2 Å². The Bertz CT molecular complexity index is 585. The molecule has 19 heavy (non-hydrogen) atoms. The molecule has 0 N–H and O–H groups in total. The molecule has 0 aliphatic heterocycles. The Hall–Kier alpha value is -1.83. The van der Waals surface area contributed by atoms with Gasteiger partial charge in [0.05, 0.1) is 12.2 Å². The number of ketones is 1. The van der Waals surface area contributed by atoms with Gasteiger partial charge >= 0.3 is 0 Å². The average molecular weight is 256 g/mol. The second-order valence-electron chi connectivity index (χ2n) is 5.25. The quantitative estimate of drug-likeness (QED) is 0.738. The molecule has 0 fully saturated rings. The SMILES string of the molecule is CC(=O)c1ccc2ccccc2c1OCCC(C)C. The van der Waals surface area contributed by atoms with Crippen molar-refractivity contribution in [3.63, 3.8) is 0 Å². The van der Waals surface area contributed by atoms with Crippen molar-refractivity contribution in [2.75, 3.05) is 6.61 Å². The third-order valence-electron chi connectivity index (χ3n) is 3.20. The van der Waals surface area contributed by atoms with Crippen molar-refractivity contribution in [1.82, 2.24) is 0 Å². The Morgan fingerprint density at radius 1 is 1.16 bits per heavy atom. The highest BCUT2D eigenvalue weighted by Crippen LogP contribution is 2.30. The summed E-state index contributed by atoms with van der Waals surface area (Å²) in [7, 11) is 0. The van der Waals surface area contributed by atoms with Gasteiger partial charge in [-0.2, -0.15) is 0 Å². The van der Waals surface area contributed by atoms with Crippen LogP contribution in [0.15, 0.2) is 36.4 Å². The van der Waals surface area contributed by atoms with Crippen LogP contribution >= 0.6 is 0 Å². The Labute approximate surface area is 114 Å². The summed E-state index contributed by atoms with van der Waals surface area (Å²) in [5, 5.41) is 2.12. The Balaban J connectivity index is 2.41. The molecular weight excluding hydrogens is 236 g/mol. The molecule has 0 saturated carbocycles. The molecule has 2 heteroatoms. The second kappa shape index (κ2) is 5.87. The first-order chi connectivity index (χ1) is 9.09. The van der Waals surface area contributed by atoms with Gasteiger partial charge in [0, 0.05) is 5.39 Å². The number of benzene rings is 2. The number of hydrogen-bond acceptors (Lipinski definition) is 2.